The number of halogens is 2. The zero-order valence-electron chi connectivity index (χ0n) is 11.4. The zero-order chi connectivity index (χ0) is 15.6. The maximum Gasteiger partial charge on any atom is 0.308 e. The highest BCUT2D eigenvalue weighted by Crippen LogP contribution is 2.25. The molecule has 1 heterocycles. The number of benzene rings is 1. The van der Waals surface area contributed by atoms with Crippen LogP contribution in [0.2, 0.25) is 10.0 Å². The monoisotopic (exact) mass is 327 g/mol. The number of likely N-dealkylation sites (tertiary alicyclic amines) is 1. The minimum atomic E-state index is -0.859. The molecule has 2 unspecified atom stereocenters. The minimum Gasteiger partial charge on any atom is -0.481 e. The van der Waals surface area contributed by atoms with E-state index in [9.17, 15) is 9.59 Å². The third-order valence-electron chi connectivity index (χ3n) is 3.72. The van der Waals surface area contributed by atoms with Crippen LogP contribution in [0.3, 0.4) is 0 Å². The van der Waals surface area contributed by atoms with Crippen LogP contribution in [0.4, 0.5) is 0 Å². The second-order valence-electron chi connectivity index (χ2n) is 5.00. The Morgan fingerprint density at radius 3 is 2.67 bits per heavy atom. The highest BCUT2D eigenvalue weighted by molar-refractivity contribution is 6.35. The van der Waals surface area contributed by atoms with Crippen molar-refractivity contribution >= 4 is 41.2 Å². The molecular formula is C15H15Cl2NO3. The molecule has 1 aromatic carbocycles. The summed E-state index contributed by atoms with van der Waals surface area (Å²) in [5.74, 6) is -1.57. The molecule has 0 aliphatic carbocycles. The maximum atomic E-state index is 12.2. The number of amides is 1. The van der Waals surface area contributed by atoms with Crippen LogP contribution >= 0.6 is 23.2 Å². The summed E-state index contributed by atoms with van der Waals surface area (Å²) >= 11 is 11.8. The fourth-order valence-electron chi connectivity index (χ4n) is 2.47. The van der Waals surface area contributed by atoms with Gasteiger partial charge in [-0.2, -0.15) is 0 Å². The van der Waals surface area contributed by atoms with E-state index in [2.05, 4.69) is 0 Å². The van der Waals surface area contributed by atoms with Crippen LogP contribution < -0.4 is 0 Å². The quantitative estimate of drug-likeness (QED) is 0.866. The molecule has 112 valence electrons. The minimum absolute atomic E-state index is 0.211. The molecule has 2 rings (SSSR count). The number of carboxylic acid groups (broad SMARTS) is 1. The molecule has 4 nitrogen and oxygen atoms in total. The van der Waals surface area contributed by atoms with E-state index in [1.54, 1.807) is 36.1 Å². The van der Waals surface area contributed by atoms with Crippen molar-refractivity contribution in [3.63, 3.8) is 0 Å². The molecule has 1 N–H and O–H groups in total. The van der Waals surface area contributed by atoms with E-state index in [0.29, 0.717) is 28.6 Å². The summed E-state index contributed by atoms with van der Waals surface area (Å²) in [6.45, 7) is 2.21. The van der Waals surface area contributed by atoms with Crippen molar-refractivity contribution in [1.29, 1.82) is 0 Å². The van der Waals surface area contributed by atoms with E-state index in [0.717, 1.165) is 0 Å². The van der Waals surface area contributed by atoms with Gasteiger partial charge in [-0.25, -0.2) is 0 Å². The summed E-state index contributed by atoms with van der Waals surface area (Å²) < 4.78 is 0. The molecule has 1 fully saturated rings. The number of carbonyl (C=O) groups is 2. The van der Waals surface area contributed by atoms with Crippen LogP contribution in [-0.4, -0.2) is 34.5 Å². The van der Waals surface area contributed by atoms with Crippen LogP contribution in [0.25, 0.3) is 6.08 Å². The van der Waals surface area contributed by atoms with Crippen molar-refractivity contribution in [3.8, 4) is 0 Å². The molecule has 0 bridgehead atoms. The second kappa shape index (κ2) is 6.50. The Hall–Kier alpha value is -1.52. The van der Waals surface area contributed by atoms with Crippen LogP contribution in [0, 0.1) is 5.92 Å². The molecule has 0 saturated carbocycles. The van der Waals surface area contributed by atoms with Gasteiger partial charge in [0.05, 0.1) is 5.92 Å². The third-order valence-corrected chi connectivity index (χ3v) is 4.29. The van der Waals surface area contributed by atoms with E-state index in [1.807, 2.05) is 0 Å². The van der Waals surface area contributed by atoms with Gasteiger partial charge in [-0.1, -0.05) is 29.3 Å². The fraction of sp³-hybridized carbons (Fsp3) is 0.333. The molecular weight excluding hydrogens is 313 g/mol. The van der Waals surface area contributed by atoms with E-state index in [4.69, 9.17) is 28.3 Å². The summed E-state index contributed by atoms with van der Waals surface area (Å²) in [5, 5.41) is 10.1. The fourth-order valence-corrected chi connectivity index (χ4v) is 2.95. The lowest BCUT2D eigenvalue weighted by Crippen LogP contribution is -2.36. The first-order chi connectivity index (χ1) is 9.90. The lowest BCUT2D eigenvalue weighted by atomic mass is 10.0. The predicted molar refractivity (Wildman–Crippen MR) is 82.4 cm³/mol. The largest absolute Gasteiger partial charge is 0.481 e. The van der Waals surface area contributed by atoms with Crippen LogP contribution in [-0.2, 0) is 9.59 Å². The Kier molecular flexibility index (Phi) is 4.91. The highest BCUT2D eigenvalue weighted by atomic mass is 35.5. The average Bonchev–Trinajstić information content (AvgIpc) is 2.79. The predicted octanol–water partition coefficient (Wildman–Crippen LogP) is 3.33. The zero-order valence-corrected chi connectivity index (χ0v) is 12.9. The van der Waals surface area contributed by atoms with E-state index in [-0.39, 0.29) is 11.9 Å². The maximum absolute atomic E-state index is 12.2. The van der Waals surface area contributed by atoms with Gasteiger partial charge in [0.25, 0.3) is 0 Å². The molecule has 1 aliphatic rings. The number of aliphatic carboxylic acids is 1. The second-order valence-corrected chi connectivity index (χ2v) is 5.85. The number of hydrogen-bond acceptors (Lipinski definition) is 2. The Labute approximate surface area is 133 Å². The van der Waals surface area contributed by atoms with Crippen molar-refractivity contribution in [2.75, 3.05) is 6.54 Å². The van der Waals surface area contributed by atoms with Gasteiger partial charge in [0.15, 0.2) is 0 Å². The SMILES string of the molecule is CC1C(C(=O)O)CCN1C(=O)C=Cc1ccc(Cl)cc1Cl. The molecule has 2 atom stereocenters. The number of hydrogen-bond donors (Lipinski definition) is 1. The molecule has 1 amide bonds. The topological polar surface area (TPSA) is 57.6 Å². The van der Waals surface area contributed by atoms with Crippen molar-refractivity contribution in [3.05, 3.63) is 39.9 Å². The Bertz CT molecular complexity index is 601. The van der Waals surface area contributed by atoms with Gasteiger partial charge < -0.3 is 10.0 Å². The van der Waals surface area contributed by atoms with Gasteiger partial charge in [-0.15, -0.1) is 0 Å². The van der Waals surface area contributed by atoms with Gasteiger partial charge in [-0.05, 0) is 37.1 Å². The van der Waals surface area contributed by atoms with Crippen LogP contribution in [0.15, 0.2) is 24.3 Å². The first-order valence-corrected chi connectivity index (χ1v) is 7.32. The van der Waals surface area contributed by atoms with Gasteiger partial charge in [0, 0.05) is 28.7 Å². The standard InChI is InChI=1S/C15H15Cl2NO3/c1-9-12(15(20)21)6-7-18(9)14(19)5-3-10-2-4-11(16)8-13(10)17/h2-5,8-9,12H,6-7H2,1H3,(H,20,21). The Morgan fingerprint density at radius 2 is 2.10 bits per heavy atom. The summed E-state index contributed by atoms with van der Waals surface area (Å²) in [4.78, 5) is 24.8. The van der Waals surface area contributed by atoms with Gasteiger partial charge >= 0.3 is 5.97 Å². The number of nitrogens with zero attached hydrogens (tertiary/aromatic N) is 1. The summed E-state index contributed by atoms with van der Waals surface area (Å²) in [5.41, 5.74) is 0.691. The van der Waals surface area contributed by atoms with Crippen LogP contribution in [0.1, 0.15) is 18.9 Å². The summed E-state index contributed by atoms with van der Waals surface area (Å²) in [7, 11) is 0. The lowest BCUT2D eigenvalue weighted by molar-refractivity contribution is -0.142. The molecule has 1 aromatic rings. The Morgan fingerprint density at radius 1 is 1.38 bits per heavy atom. The third kappa shape index (κ3) is 3.57. The number of carbonyl (C=O) groups excluding carboxylic acids is 1. The van der Waals surface area contributed by atoms with E-state index < -0.39 is 11.9 Å². The molecule has 21 heavy (non-hydrogen) atoms. The van der Waals surface area contributed by atoms with E-state index in [1.165, 1.54) is 6.08 Å². The smallest absolute Gasteiger partial charge is 0.308 e. The van der Waals surface area contributed by atoms with Gasteiger partial charge in [0.1, 0.15) is 0 Å². The summed E-state index contributed by atoms with van der Waals surface area (Å²) in [6, 6.07) is 4.71. The van der Waals surface area contributed by atoms with Gasteiger partial charge in [-0.3, -0.25) is 9.59 Å². The summed E-state index contributed by atoms with van der Waals surface area (Å²) in [6.07, 6.45) is 3.51. The number of rotatable bonds is 3. The molecule has 0 radical (unpaired) electrons. The van der Waals surface area contributed by atoms with Crippen molar-refractivity contribution in [2.45, 2.75) is 19.4 Å². The molecule has 0 spiro atoms. The first-order valence-electron chi connectivity index (χ1n) is 6.56. The van der Waals surface area contributed by atoms with Crippen molar-refractivity contribution < 1.29 is 14.7 Å². The Balaban J connectivity index is 2.08. The molecule has 1 aliphatic heterocycles. The first kappa shape index (κ1) is 15.9. The van der Waals surface area contributed by atoms with E-state index >= 15 is 0 Å². The van der Waals surface area contributed by atoms with Crippen LogP contribution in [0.5, 0.6) is 0 Å². The number of carboxylic acids is 1. The normalized spacial score (nSPS) is 22.0. The molecule has 6 heteroatoms. The lowest BCUT2D eigenvalue weighted by Gasteiger charge is -2.21. The van der Waals surface area contributed by atoms with Crippen molar-refractivity contribution in [1.82, 2.24) is 4.90 Å². The average molecular weight is 328 g/mol. The highest BCUT2D eigenvalue weighted by Gasteiger charge is 2.37. The van der Waals surface area contributed by atoms with Crippen molar-refractivity contribution in [2.24, 2.45) is 5.92 Å². The molecule has 0 aromatic heterocycles. The molecule has 1 saturated heterocycles. The van der Waals surface area contributed by atoms with Gasteiger partial charge in [0.2, 0.25) is 5.91 Å².